The average Bonchev–Trinajstić information content (AvgIpc) is 2.91. The summed E-state index contributed by atoms with van der Waals surface area (Å²) < 4.78 is 5.67. The number of hydrogen-bond acceptors (Lipinski definition) is 4. The Morgan fingerprint density at radius 1 is 1.53 bits per heavy atom. The molecule has 0 atom stereocenters. The van der Waals surface area contributed by atoms with Crippen LogP contribution in [0.4, 0.5) is 0 Å². The summed E-state index contributed by atoms with van der Waals surface area (Å²) in [5.41, 5.74) is 2.10. The van der Waals surface area contributed by atoms with Gasteiger partial charge < -0.3 is 9.52 Å². The monoisotopic (exact) mass is 249 g/mol. The molecule has 0 spiro atoms. The lowest BCUT2D eigenvalue weighted by molar-refractivity contribution is -0.137. The molecule has 2 aromatic heterocycles. The van der Waals surface area contributed by atoms with Crippen molar-refractivity contribution in [3.05, 3.63) is 27.9 Å². The number of fused-ring (bicyclic) bond motifs is 3. The van der Waals surface area contributed by atoms with Crippen molar-refractivity contribution in [3.8, 4) is 11.3 Å². The third kappa shape index (κ3) is 1.86. The highest BCUT2D eigenvalue weighted by molar-refractivity contribution is 7.10. The van der Waals surface area contributed by atoms with Crippen molar-refractivity contribution in [2.45, 2.75) is 25.7 Å². The SMILES string of the molecule is O=C(O)CCc1nc2c(o1)-c1ccsc1CC2. The Morgan fingerprint density at radius 2 is 2.41 bits per heavy atom. The smallest absolute Gasteiger partial charge is 0.303 e. The van der Waals surface area contributed by atoms with E-state index in [4.69, 9.17) is 9.52 Å². The van der Waals surface area contributed by atoms with Crippen LogP contribution in [0.1, 0.15) is 22.9 Å². The van der Waals surface area contributed by atoms with E-state index >= 15 is 0 Å². The van der Waals surface area contributed by atoms with E-state index in [1.54, 1.807) is 11.3 Å². The normalized spacial score (nSPS) is 13.2. The van der Waals surface area contributed by atoms with Gasteiger partial charge in [-0.1, -0.05) is 0 Å². The molecule has 0 saturated heterocycles. The van der Waals surface area contributed by atoms with Gasteiger partial charge in [-0.05, 0) is 24.3 Å². The van der Waals surface area contributed by atoms with E-state index in [0.29, 0.717) is 12.3 Å². The molecule has 3 rings (SSSR count). The van der Waals surface area contributed by atoms with Gasteiger partial charge in [0.25, 0.3) is 0 Å². The Balaban J connectivity index is 1.91. The molecular formula is C12H11NO3S. The van der Waals surface area contributed by atoms with Crippen molar-refractivity contribution in [1.29, 1.82) is 0 Å². The molecule has 0 fully saturated rings. The van der Waals surface area contributed by atoms with Crippen molar-refractivity contribution in [1.82, 2.24) is 4.98 Å². The Labute approximate surface area is 102 Å². The minimum atomic E-state index is -0.822. The fraction of sp³-hybridized carbons (Fsp3) is 0.333. The number of aliphatic carboxylic acids is 1. The number of carboxylic acids is 1. The minimum Gasteiger partial charge on any atom is -0.481 e. The van der Waals surface area contributed by atoms with Gasteiger partial charge in [-0.3, -0.25) is 4.79 Å². The van der Waals surface area contributed by atoms with Gasteiger partial charge >= 0.3 is 5.97 Å². The number of carboxylic acid groups (broad SMARTS) is 1. The number of rotatable bonds is 3. The van der Waals surface area contributed by atoms with Gasteiger partial charge in [-0.25, -0.2) is 4.98 Å². The van der Waals surface area contributed by atoms with E-state index in [1.807, 2.05) is 6.07 Å². The fourth-order valence-corrected chi connectivity index (χ4v) is 2.95. The fourth-order valence-electron chi connectivity index (χ4n) is 2.07. The molecule has 2 heterocycles. The van der Waals surface area contributed by atoms with Gasteiger partial charge in [0.15, 0.2) is 11.7 Å². The molecule has 0 radical (unpaired) electrons. The third-order valence-corrected chi connectivity index (χ3v) is 3.85. The highest BCUT2D eigenvalue weighted by Gasteiger charge is 2.23. The molecule has 1 N–H and O–H groups in total. The maximum Gasteiger partial charge on any atom is 0.303 e. The summed E-state index contributed by atoms with van der Waals surface area (Å²) >= 11 is 1.73. The first-order valence-corrected chi connectivity index (χ1v) is 6.39. The van der Waals surface area contributed by atoms with Crippen LogP contribution in [-0.4, -0.2) is 16.1 Å². The molecule has 17 heavy (non-hydrogen) atoms. The Kier molecular flexibility index (Phi) is 2.48. The molecule has 88 valence electrons. The van der Waals surface area contributed by atoms with Crippen LogP contribution < -0.4 is 0 Å². The largest absolute Gasteiger partial charge is 0.481 e. The summed E-state index contributed by atoms with van der Waals surface area (Å²) in [4.78, 5) is 16.2. The van der Waals surface area contributed by atoms with Crippen LogP contribution in [-0.2, 0) is 24.1 Å². The molecule has 5 heteroatoms. The topological polar surface area (TPSA) is 63.3 Å². The van der Waals surface area contributed by atoms with Gasteiger partial charge in [0, 0.05) is 16.9 Å². The number of carbonyl (C=O) groups is 1. The first-order valence-electron chi connectivity index (χ1n) is 5.51. The van der Waals surface area contributed by atoms with Crippen molar-refractivity contribution in [2.75, 3.05) is 0 Å². The molecule has 0 bridgehead atoms. The van der Waals surface area contributed by atoms with E-state index in [9.17, 15) is 4.79 Å². The lowest BCUT2D eigenvalue weighted by Gasteiger charge is -2.07. The zero-order chi connectivity index (χ0) is 11.8. The molecule has 1 aliphatic carbocycles. The highest BCUT2D eigenvalue weighted by Crippen LogP contribution is 2.37. The van der Waals surface area contributed by atoms with Crippen LogP contribution in [0.5, 0.6) is 0 Å². The van der Waals surface area contributed by atoms with E-state index in [-0.39, 0.29) is 6.42 Å². The van der Waals surface area contributed by atoms with Gasteiger partial charge in [0.1, 0.15) is 0 Å². The Morgan fingerprint density at radius 3 is 3.24 bits per heavy atom. The van der Waals surface area contributed by atoms with E-state index in [1.165, 1.54) is 4.88 Å². The number of thiophene rings is 1. The second kappa shape index (κ2) is 4.00. The Bertz CT molecular complexity index is 570. The summed E-state index contributed by atoms with van der Waals surface area (Å²) in [5.74, 6) is 0.557. The van der Waals surface area contributed by atoms with Crippen LogP contribution in [0.25, 0.3) is 11.3 Å². The van der Waals surface area contributed by atoms with Gasteiger partial charge in [0.2, 0.25) is 0 Å². The summed E-state index contributed by atoms with van der Waals surface area (Å²) in [6.07, 6.45) is 2.32. The lowest BCUT2D eigenvalue weighted by Crippen LogP contribution is -2.00. The minimum absolute atomic E-state index is 0.0654. The number of oxazole rings is 1. The van der Waals surface area contributed by atoms with Crippen molar-refractivity contribution in [2.24, 2.45) is 0 Å². The average molecular weight is 249 g/mol. The molecule has 0 saturated carbocycles. The summed E-state index contributed by atoms with van der Waals surface area (Å²) in [6, 6.07) is 2.05. The molecule has 0 aromatic carbocycles. The zero-order valence-corrected chi connectivity index (χ0v) is 9.92. The second-order valence-corrected chi connectivity index (χ2v) is 5.04. The van der Waals surface area contributed by atoms with Crippen LogP contribution in [0.2, 0.25) is 0 Å². The van der Waals surface area contributed by atoms with Gasteiger partial charge in [0.05, 0.1) is 12.1 Å². The van der Waals surface area contributed by atoms with Crippen LogP contribution in [0, 0.1) is 0 Å². The lowest BCUT2D eigenvalue weighted by atomic mass is 10.0. The first kappa shape index (κ1) is 10.5. The molecule has 0 aliphatic heterocycles. The Hall–Kier alpha value is -1.62. The number of aromatic nitrogens is 1. The van der Waals surface area contributed by atoms with Gasteiger partial charge in [-0.2, -0.15) is 0 Å². The molecule has 1 aliphatic rings. The van der Waals surface area contributed by atoms with E-state index in [2.05, 4.69) is 10.4 Å². The molecule has 0 unspecified atom stereocenters. The van der Waals surface area contributed by atoms with Crippen LogP contribution in [0.3, 0.4) is 0 Å². The number of nitrogens with zero attached hydrogens (tertiary/aromatic N) is 1. The first-order chi connectivity index (χ1) is 8.24. The van der Waals surface area contributed by atoms with Crippen LogP contribution >= 0.6 is 11.3 Å². The quantitative estimate of drug-likeness (QED) is 0.907. The number of aryl methyl sites for hydroxylation is 3. The number of hydrogen-bond donors (Lipinski definition) is 1. The standard InChI is InChI=1S/C12H11NO3S/c14-11(15)4-3-10-13-8-1-2-9-7(5-6-17-9)12(8)16-10/h5-6H,1-4H2,(H,14,15). The maximum atomic E-state index is 10.5. The molecule has 2 aromatic rings. The predicted molar refractivity (Wildman–Crippen MR) is 63.2 cm³/mol. The summed E-state index contributed by atoms with van der Waals surface area (Å²) in [7, 11) is 0. The van der Waals surface area contributed by atoms with Gasteiger partial charge in [-0.15, -0.1) is 11.3 Å². The van der Waals surface area contributed by atoms with Crippen LogP contribution in [0.15, 0.2) is 15.9 Å². The maximum absolute atomic E-state index is 10.5. The summed E-state index contributed by atoms with van der Waals surface area (Å²) in [5, 5.41) is 10.7. The molecule has 0 amide bonds. The molecule has 4 nitrogen and oxygen atoms in total. The predicted octanol–water partition coefficient (Wildman–Crippen LogP) is 2.52. The van der Waals surface area contributed by atoms with Crippen molar-refractivity contribution >= 4 is 17.3 Å². The van der Waals surface area contributed by atoms with E-state index < -0.39 is 5.97 Å². The third-order valence-electron chi connectivity index (χ3n) is 2.87. The zero-order valence-electron chi connectivity index (χ0n) is 9.10. The summed E-state index contributed by atoms with van der Waals surface area (Å²) in [6.45, 7) is 0. The van der Waals surface area contributed by atoms with Crippen molar-refractivity contribution < 1.29 is 14.3 Å². The molecular weight excluding hydrogens is 238 g/mol. The van der Waals surface area contributed by atoms with Crippen molar-refractivity contribution in [3.63, 3.8) is 0 Å². The second-order valence-electron chi connectivity index (χ2n) is 4.03. The highest BCUT2D eigenvalue weighted by atomic mass is 32.1. The van der Waals surface area contributed by atoms with E-state index in [0.717, 1.165) is 29.9 Å².